The molecule has 0 bridgehead atoms. The molecule has 1 aromatic rings. The molecule has 0 atom stereocenters. The van der Waals surface area contributed by atoms with Crippen molar-refractivity contribution in [1.82, 2.24) is 0 Å². The van der Waals surface area contributed by atoms with Crippen LogP contribution in [0.1, 0.15) is 25.8 Å². The number of carboxylic acids is 1. The third kappa shape index (κ3) is 4.44. The van der Waals surface area contributed by atoms with Gasteiger partial charge in [-0.25, -0.2) is 0 Å². The van der Waals surface area contributed by atoms with Crippen molar-refractivity contribution >= 4 is 29.2 Å². The predicted octanol–water partition coefficient (Wildman–Crippen LogP) is 3.80. The fourth-order valence-corrected chi connectivity index (χ4v) is 1.98. The Kier molecular flexibility index (Phi) is 5.09. The Hall–Kier alpha value is -0.930. The molecule has 0 aliphatic heterocycles. The summed E-state index contributed by atoms with van der Waals surface area (Å²) in [5, 5.41) is 9.41. The molecular formula is C12H14Cl2O3. The van der Waals surface area contributed by atoms with Gasteiger partial charge in [-0.15, -0.1) is 0 Å². The van der Waals surface area contributed by atoms with Gasteiger partial charge in [0.25, 0.3) is 0 Å². The van der Waals surface area contributed by atoms with Crippen molar-refractivity contribution in [2.75, 3.05) is 0 Å². The Bertz CT molecular complexity index is 393. The van der Waals surface area contributed by atoms with E-state index in [0.29, 0.717) is 22.2 Å². The van der Waals surface area contributed by atoms with Crippen LogP contribution < -0.4 is 4.74 Å². The molecule has 1 N–H and O–H groups in total. The number of aryl methyl sites for hydroxylation is 1. The zero-order valence-electron chi connectivity index (χ0n) is 9.67. The second kappa shape index (κ2) is 6.12. The van der Waals surface area contributed by atoms with Gasteiger partial charge in [0.05, 0.1) is 16.1 Å². The molecule has 0 saturated carbocycles. The van der Waals surface area contributed by atoms with Crippen LogP contribution in [0.25, 0.3) is 0 Å². The number of halogens is 2. The molecule has 94 valence electrons. The zero-order chi connectivity index (χ0) is 13.0. The molecule has 1 aromatic carbocycles. The van der Waals surface area contributed by atoms with Crippen LogP contribution in [0.2, 0.25) is 10.0 Å². The van der Waals surface area contributed by atoms with Crippen LogP contribution in [0, 0.1) is 0 Å². The molecule has 3 nitrogen and oxygen atoms in total. The quantitative estimate of drug-likeness (QED) is 0.890. The van der Waals surface area contributed by atoms with E-state index < -0.39 is 5.97 Å². The van der Waals surface area contributed by atoms with Crippen molar-refractivity contribution in [3.05, 3.63) is 27.7 Å². The third-order valence-electron chi connectivity index (χ3n) is 2.04. The minimum atomic E-state index is -0.847. The fourth-order valence-electron chi connectivity index (χ4n) is 1.36. The summed E-state index contributed by atoms with van der Waals surface area (Å²) in [7, 11) is 0. The van der Waals surface area contributed by atoms with Gasteiger partial charge in [0.1, 0.15) is 0 Å². The normalized spacial score (nSPS) is 10.6. The van der Waals surface area contributed by atoms with Gasteiger partial charge < -0.3 is 9.84 Å². The highest BCUT2D eigenvalue weighted by atomic mass is 35.5. The van der Waals surface area contributed by atoms with Gasteiger partial charge >= 0.3 is 5.97 Å². The van der Waals surface area contributed by atoms with E-state index in [0.717, 1.165) is 5.56 Å². The first-order valence-corrected chi connectivity index (χ1v) is 6.02. The summed E-state index contributed by atoms with van der Waals surface area (Å²) in [5.41, 5.74) is 0.790. The molecule has 0 fully saturated rings. The van der Waals surface area contributed by atoms with E-state index in [1.54, 1.807) is 12.1 Å². The van der Waals surface area contributed by atoms with Crippen molar-refractivity contribution in [2.24, 2.45) is 0 Å². The number of hydrogen-bond acceptors (Lipinski definition) is 2. The highest BCUT2D eigenvalue weighted by molar-refractivity contribution is 6.37. The van der Waals surface area contributed by atoms with Crippen LogP contribution in [0.15, 0.2) is 12.1 Å². The van der Waals surface area contributed by atoms with Gasteiger partial charge in [0, 0.05) is 6.42 Å². The SMILES string of the molecule is CC(C)Oc1c(Cl)cc(CCC(=O)O)cc1Cl. The lowest BCUT2D eigenvalue weighted by atomic mass is 10.1. The minimum absolute atomic E-state index is 0.0186. The Morgan fingerprint density at radius 2 is 1.88 bits per heavy atom. The maximum atomic E-state index is 10.5. The average Bonchev–Trinajstić information content (AvgIpc) is 2.20. The second-order valence-electron chi connectivity index (χ2n) is 3.95. The molecule has 0 aliphatic carbocycles. The number of hydrogen-bond donors (Lipinski definition) is 1. The smallest absolute Gasteiger partial charge is 0.303 e. The zero-order valence-corrected chi connectivity index (χ0v) is 11.2. The summed E-state index contributed by atoms with van der Waals surface area (Å²) in [5.74, 6) is -0.401. The van der Waals surface area contributed by atoms with Crippen LogP contribution in [0.5, 0.6) is 5.75 Å². The Morgan fingerprint density at radius 1 is 1.35 bits per heavy atom. The Labute approximate surface area is 110 Å². The van der Waals surface area contributed by atoms with E-state index in [4.69, 9.17) is 33.0 Å². The van der Waals surface area contributed by atoms with Crippen molar-refractivity contribution in [3.8, 4) is 5.75 Å². The Morgan fingerprint density at radius 3 is 2.29 bits per heavy atom. The maximum absolute atomic E-state index is 10.5. The highest BCUT2D eigenvalue weighted by Gasteiger charge is 2.11. The van der Waals surface area contributed by atoms with E-state index in [1.807, 2.05) is 13.8 Å². The van der Waals surface area contributed by atoms with Gasteiger partial charge in [-0.05, 0) is 38.0 Å². The van der Waals surface area contributed by atoms with Crippen LogP contribution >= 0.6 is 23.2 Å². The molecule has 0 radical (unpaired) electrons. The topological polar surface area (TPSA) is 46.5 Å². The van der Waals surface area contributed by atoms with E-state index in [9.17, 15) is 4.79 Å². The lowest BCUT2D eigenvalue weighted by molar-refractivity contribution is -0.136. The molecule has 0 spiro atoms. The van der Waals surface area contributed by atoms with E-state index in [2.05, 4.69) is 0 Å². The lowest BCUT2D eigenvalue weighted by Crippen LogP contribution is -2.07. The number of benzene rings is 1. The van der Waals surface area contributed by atoms with Crippen molar-refractivity contribution in [1.29, 1.82) is 0 Å². The van der Waals surface area contributed by atoms with Gasteiger partial charge in [-0.2, -0.15) is 0 Å². The predicted molar refractivity (Wildman–Crippen MR) is 68.2 cm³/mol. The summed E-state index contributed by atoms with van der Waals surface area (Å²) < 4.78 is 5.48. The van der Waals surface area contributed by atoms with E-state index >= 15 is 0 Å². The molecule has 0 unspecified atom stereocenters. The lowest BCUT2D eigenvalue weighted by Gasteiger charge is -2.14. The summed E-state index contributed by atoms with van der Waals surface area (Å²) >= 11 is 12.1. The largest absolute Gasteiger partial charge is 0.488 e. The molecule has 5 heteroatoms. The monoisotopic (exact) mass is 276 g/mol. The molecule has 0 saturated heterocycles. The molecule has 0 heterocycles. The average molecular weight is 277 g/mol. The summed E-state index contributed by atoms with van der Waals surface area (Å²) in [6.07, 6.45) is 0.434. The number of carbonyl (C=O) groups is 1. The Balaban J connectivity index is 2.89. The maximum Gasteiger partial charge on any atom is 0.303 e. The van der Waals surface area contributed by atoms with Gasteiger partial charge in [-0.1, -0.05) is 23.2 Å². The van der Waals surface area contributed by atoms with Crippen LogP contribution in [0.3, 0.4) is 0 Å². The first-order chi connectivity index (χ1) is 7.90. The molecule has 0 aliphatic rings. The van der Waals surface area contributed by atoms with Crippen molar-refractivity contribution in [2.45, 2.75) is 32.8 Å². The van der Waals surface area contributed by atoms with Gasteiger partial charge in [0.15, 0.2) is 5.75 Å². The summed E-state index contributed by atoms with van der Waals surface area (Å²) in [6.45, 7) is 3.76. The number of aliphatic carboxylic acids is 1. The molecule has 0 amide bonds. The molecular weight excluding hydrogens is 263 g/mol. The number of carboxylic acid groups (broad SMARTS) is 1. The van der Waals surface area contributed by atoms with Crippen LogP contribution in [-0.4, -0.2) is 17.2 Å². The van der Waals surface area contributed by atoms with E-state index in [-0.39, 0.29) is 12.5 Å². The number of rotatable bonds is 5. The van der Waals surface area contributed by atoms with Crippen molar-refractivity contribution < 1.29 is 14.6 Å². The van der Waals surface area contributed by atoms with Gasteiger partial charge in [0.2, 0.25) is 0 Å². The minimum Gasteiger partial charge on any atom is -0.488 e. The standard InChI is InChI=1S/C12H14Cl2O3/c1-7(2)17-12-9(13)5-8(6-10(12)14)3-4-11(15)16/h5-7H,3-4H2,1-2H3,(H,15,16). The fraction of sp³-hybridized carbons (Fsp3) is 0.417. The van der Waals surface area contributed by atoms with Crippen LogP contribution in [-0.2, 0) is 11.2 Å². The number of ether oxygens (including phenoxy) is 1. The second-order valence-corrected chi connectivity index (χ2v) is 4.76. The van der Waals surface area contributed by atoms with E-state index in [1.165, 1.54) is 0 Å². The third-order valence-corrected chi connectivity index (χ3v) is 2.60. The molecule has 17 heavy (non-hydrogen) atoms. The van der Waals surface area contributed by atoms with Gasteiger partial charge in [-0.3, -0.25) is 4.79 Å². The highest BCUT2D eigenvalue weighted by Crippen LogP contribution is 2.35. The first kappa shape index (κ1) is 14.1. The molecule has 0 aromatic heterocycles. The first-order valence-electron chi connectivity index (χ1n) is 5.26. The summed E-state index contributed by atoms with van der Waals surface area (Å²) in [6, 6.07) is 3.38. The van der Waals surface area contributed by atoms with Crippen LogP contribution in [0.4, 0.5) is 0 Å². The molecule has 1 rings (SSSR count). The summed E-state index contributed by atoms with van der Waals surface area (Å²) in [4.78, 5) is 10.5. The van der Waals surface area contributed by atoms with Crippen molar-refractivity contribution in [3.63, 3.8) is 0 Å².